The summed E-state index contributed by atoms with van der Waals surface area (Å²) in [6.07, 6.45) is 6.90. The number of aryl methyl sites for hydroxylation is 1. The third kappa shape index (κ3) is 4.54. The van der Waals surface area contributed by atoms with Gasteiger partial charge in [-0.25, -0.2) is 13.8 Å². The lowest BCUT2D eigenvalue weighted by Crippen LogP contribution is -2.25. The van der Waals surface area contributed by atoms with Gasteiger partial charge in [0.25, 0.3) is 0 Å². The molecule has 4 rings (SSSR count). The number of hydrogen-bond donors (Lipinski definition) is 0. The first-order valence-corrected chi connectivity index (χ1v) is 9.43. The maximum atomic E-state index is 13.6. The number of halogens is 3. The topological polar surface area (TPSA) is 25.4 Å². The fraction of sp³-hybridized carbons (Fsp3) is 0.125. The van der Waals surface area contributed by atoms with Crippen LogP contribution in [0.4, 0.5) is 13.2 Å². The maximum Gasteiger partial charge on any atom is 0.212 e. The second-order valence-corrected chi connectivity index (χ2v) is 7.06. The molecule has 0 saturated heterocycles. The van der Waals surface area contributed by atoms with E-state index in [0.717, 1.165) is 22.9 Å². The summed E-state index contributed by atoms with van der Waals surface area (Å²) in [5.41, 5.74) is 2.20. The Bertz CT molecular complexity index is 1090. The Labute approximate surface area is 172 Å². The Morgan fingerprint density at radius 1 is 1.00 bits per heavy atom. The summed E-state index contributed by atoms with van der Waals surface area (Å²) in [6.45, 7) is 2.20. The van der Waals surface area contributed by atoms with E-state index in [1.807, 2.05) is 42.2 Å². The first-order chi connectivity index (χ1) is 14.5. The molecule has 0 radical (unpaired) electrons. The number of pyridine rings is 1. The molecule has 0 amide bonds. The van der Waals surface area contributed by atoms with Gasteiger partial charge in [0, 0.05) is 25.0 Å². The Balaban J connectivity index is 1.65. The predicted molar refractivity (Wildman–Crippen MR) is 108 cm³/mol. The van der Waals surface area contributed by atoms with E-state index in [4.69, 9.17) is 4.74 Å². The van der Waals surface area contributed by atoms with Crippen LogP contribution in [0.1, 0.15) is 22.7 Å². The van der Waals surface area contributed by atoms with Gasteiger partial charge in [-0.15, -0.1) is 0 Å². The molecule has 0 aliphatic carbocycles. The summed E-state index contributed by atoms with van der Waals surface area (Å²) in [6, 6.07) is 13.6. The van der Waals surface area contributed by atoms with Gasteiger partial charge in [-0.05, 0) is 60.0 Å². The second kappa shape index (κ2) is 8.45. The fourth-order valence-corrected chi connectivity index (χ4v) is 3.35. The van der Waals surface area contributed by atoms with Crippen LogP contribution in [0.15, 0.2) is 84.9 Å². The molecular formula is C24H19F3N2O. The van der Waals surface area contributed by atoms with Crippen molar-refractivity contribution in [3.05, 3.63) is 119 Å². The number of aromatic nitrogens is 1. The molecule has 3 nitrogen and oxygen atoms in total. The lowest BCUT2D eigenvalue weighted by Gasteiger charge is -2.32. The summed E-state index contributed by atoms with van der Waals surface area (Å²) in [5.74, 6) is -0.509. The smallest absolute Gasteiger partial charge is 0.212 e. The van der Waals surface area contributed by atoms with Gasteiger partial charge >= 0.3 is 0 Å². The zero-order chi connectivity index (χ0) is 21.1. The van der Waals surface area contributed by atoms with Crippen LogP contribution in [0.2, 0.25) is 0 Å². The SMILES string of the molecule is Cc1ccccc1OC1=CC(c2ccc(F)nc2)N(Cc2cc(F)cc(F)c2)C=C1. The molecule has 0 spiro atoms. The van der Waals surface area contributed by atoms with Gasteiger partial charge in [0.15, 0.2) is 0 Å². The summed E-state index contributed by atoms with van der Waals surface area (Å²) in [5, 5.41) is 0. The van der Waals surface area contributed by atoms with Crippen LogP contribution >= 0.6 is 0 Å². The quantitative estimate of drug-likeness (QED) is 0.496. The Morgan fingerprint density at radius 2 is 1.77 bits per heavy atom. The van der Waals surface area contributed by atoms with E-state index in [-0.39, 0.29) is 12.6 Å². The molecule has 1 aromatic heterocycles. The Hall–Kier alpha value is -3.54. The molecule has 0 saturated carbocycles. The average molecular weight is 408 g/mol. The van der Waals surface area contributed by atoms with Gasteiger partial charge in [0.1, 0.15) is 23.1 Å². The van der Waals surface area contributed by atoms with Crippen molar-refractivity contribution in [2.24, 2.45) is 0 Å². The van der Waals surface area contributed by atoms with Gasteiger partial charge in [-0.1, -0.05) is 24.3 Å². The second-order valence-electron chi connectivity index (χ2n) is 7.06. The van der Waals surface area contributed by atoms with Gasteiger partial charge in [-0.3, -0.25) is 0 Å². The molecule has 0 fully saturated rings. The molecule has 1 unspecified atom stereocenters. The summed E-state index contributed by atoms with van der Waals surface area (Å²) in [7, 11) is 0. The van der Waals surface area contributed by atoms with E-state index in [0.29, 0.717) is 11.3 Å². The van der Waals surface area contributed by atoms with Crippen LogP contribution in [0, 0.1) is 24.5 Å². The highest BCUT2D eigenvalue weighted by molar-refractivity contribution is 5.37. The monoisotopic (exact) mass is 408 g/mol. The number of allylic oxidation sites excluding steroid dienone is 1. The standard InChI is InChI=1S/C24H19F3N2O/c1-16-4-2-3-5-23(16)30-21-8-9-29(15-17-10-19(25)12-20(26)11-17)22(13-21)18-6-7-24(27)28-14-18/h2-14,22H,15H2,1H3. The Morgan fingerprint density at radius 3 is 2.47 bits per heavy atom. The van der Waals surface area contributed by atoms with Crippen LogP contribution in [0.3, 0.4) is 0 Å². The molecule has 2 heterocycles. The van der Waals surface area contributed by atoms with E-state index >= 15 is 0 Å². The predicted octanol–water partition coefficient (Wildman–Crippen LogP) is 5.84. The summed E-state index contributed by atoms with van der Waals surface area (Å²) >= 11 is 0. The van der Waals surface area contributed by atoms with E-state index in [9.17, 15) is 13.2 Å². The number of hydrogen-bond acceptors (Lipinski definition) is 3. The van der Waals surface area contributed by atoms with Gasteiger partial charge in [0.05, 0.1) is 6.04 Å². The van der Waals surface area contributed by atoms with Gasteiger partial charge in [-0.2, -0.15) is 4.39 Å². The first-order valence-electron chi connectivity index (χ1n) is 9.43. The van der Waals surface area contributed by atoms with Crippen LogP contribution in [0.25, 0.3) is 0 Å². The third-order valence-electron chi connectivity index (χ3n) is 4.81. The van der Waals surface area contributed by atoms with E-state index in [2.05, 4.69) is 4.98 Å². The lowest BCUT2D eigenvalue weighted by molar-refractivity contribution is 0.295. The highest BCUT2D eigenvalue weighted by Crippen LogP contribution is 2.31. The molecule has 0 N–H and O–H groups in total. The van der Waals surface area contributed by atoms with Crippen LogP contribution in [-0.4, -0.2) is 9.88 Å². The number of para-hydroxylation sites is 1. The fourth-order valence-electron chi connectivity index (χ4n) is 3.35. The average Bonchev–Trinajstić information content (AvgIpc) is 2.71. The molecule has 2 aromatic carbocycles. The zero-order valence-electron chi connectivity index (χ0n) is 16.2. The summed E-state index contributed by atoms with van der Waals surface area (Å²) < 4.78 is 46.6. The first kappa shape index (κ1) is 19.8. The number of rotatable bonds is 5. The minimum atomic E-state index is -0.634. The highest BCUT2D eigenvalue weighted by atomic mass is 19.1. The van der Waals surface area contributed by atoms with Crippen molar-refractivity contribution in [1.29, 1.82) is 0 Å². The van der Waals surface area contributed by atoms with Gasteiger partial charge in [0.2, 0.25) is 5.95 Å². The lowest BCUT2D eigenvalue weighted by atomic mass is 10.0. The van der Waals surface area contributed by atoms with Crippen LogP contribution in [-0.2, 0) is 6.54 Å². The van der Waals surface area contributed by atoms with Crippen LogP contribution in [0.5, 0.6) is 5.75 Å². The molecule has 1 aliphatic rings. The molecule has 6 heteroatoms. The van der Waals surface area contributed by atoms with Gasteiger partial charge < -0.3 is 9.64 Å². The molecule has 3 aromatic rings. The van der Waals surface area contributed by atoms with Crippen LogP contribution < -0.4 is 4.74 Å². The molecule has 30 heavy (non-hydrogen) atoms. The zero-order valence-corrected chi connectivity index (χ0v) is 16.2. The molecule has 0 bridgehead atoms. The minimum absolute atomic E-state index is 0.251. The van der Waals surface area contributed by atoms with E-state index < -0.39 is 17.6 Å². The van der Waals surface area contributed by atoms with Crippen molar-refractivity contribution in [2.75, 3.05) is 0 Å². The number of ether oxygens (including phenoxy) is 1. The van der Waals surface area contributed by atoms with Crippen molar-refractivity contribution in [3.63, 3.8) is 0 Å². The largest absolute Gasteiger partial charge is 0.457 e. The normalized spacial score (nSPS) is 15.8. The Kier molecular flexibility index (Phi) is 5.57. The van der Waals surface area contributed by atoms with Crippen molar-refractivity contribution in [3.8, 4) is 5.75 Å². The molecule has 152 valence electrons. The van der Waals surface area contributed by atoms with Crippen molar-refractivity contribution >= 4 is 0 Å². The van der Waals surface area contributed by atoms with E-state index in [1.54, 1.807) is 18.3 Å². The molecule has 1 aliphatic heterocycles. The highest BCUT2D eigenvalue weighted by Gasteiger charge is 2.22. The number of nitrogens with zero attached hydrogens (tertiary/aromatic N) is 2. The van der Waals surface area contributed by atoms with Crippen molar-refractivity contribution < 1.29 is 17.9 Å². The van der Waals surface area contributed by atoms with E-state index in [1.165, 1.54) is 24.4 Å². The molecule has 1 atom stereocenters. The molecular weight excluding hydrogens is 389 g/mol. The number of benzene rings is 2. The third-order valence-corrected chi connectivity index (χ3v) is 4.81. The maximum absolute atomic E-state index is 13.6. The minimum Gasteiger partial charge on any atom is -0.457 e. The van der Waals surface area contributed by atoms with Crippen molar-refractivity contribution in [2.45, 2.75) is 19.5 Å². The van der Waals surface area contributed by atoms with Crippen molar-refractivity contribution in [1.82, 2.24) is 9.88 Å². The summed E-state index contributed by atoms with van der Waals surface area (Å²) in [4.78, 5) is 5.62.